The van der Waals surface area contributed by atoms with Crippen LogP contribution in [0.2, 0.25) is 0 Å². The molecule has 2 aromatic carbocycles. The number of rotatable bonds is 4. The largest absolute Gasteiger partial charge is 0.478 e. The van der Waals surface area contributed by atoms with Crippen LogP contribution >= 0.6 is 0 Å². The Kier molecular flexibility index (Phi) is 3.98. The molecule has 0 fully saturated rings. The quantitative estimate of drug-likeness (QED) is 0.734. The molecule has 0 aliphatic carbocycles. The fourth-order valence-electron chi connectivity index (χ4n) is 2.10. The summed E-state index contributed by atoms with van der Waals surface area (Å²) in [4.78, 5) is 22.1. The summed E-state index contributed by atoms with van der Waals surface area (Å²) < 4.78 is 32.2. The Labute approximate surface area is 125 Å². The molecule has 0 unspecified atom stereocenters. The lowest BCUT2D eigenvalue weighted by atomic mass is 9.94. The summed E-state index contributed by atoms with van der Waals surface area (Å²) in [5.74, 6) is -2.83. The van der Waals surface area contributed by atoms with Gasteiger partial charge in [0.1, 0.15) is 4.90 Å². The standard InChI is InChI=1S/C14H10O7S/c15-13(16)9-5-3-6-10(14(17)18)12(9)8-4-1-2-7-11(8)22(19,20)21/h1-7H,(H,15,16)(H,17,18)(H,19,20,21). The number of carboxylic acid groups (broad SMARTS) is 2. The lowest BCUT2D eigenvalue weighted by molar-refractivity contribution is 0.0696. The van der Waals surface area contributed by atoms with E-state index in [-0.39, 0.29) is 22.3 Å². The molecule has 114 valence electrons. The van der Waals surface area contributed by atoms with Crippen molar-refractivity contribution in [3.05, 3.63) is 53.6 Å². The van der Waals surface area contributed by atoms with E-state index in [9.17, 15) is 32.8 Å². The fourth-order valence-corrected chi connectivity index (χ4v) is 2.80. The molecule has 3 N–H and O–H groups in total. The highest BCUT2D eigenvalue weighted by atomic mass is 32.2. The van der Waals surface area contributed by atoms with Gasteiger partial charge in [-0.15, -0.1) is 0 Å². The minimum Gasteiger partial charge on any atom is -0.478 e. The average Bonchev–Trinajstić information content (AvgIpc) is 2.45. The van der Waals surface area contributed by atoms with Crippen molar-refractivity contribution in [3.8, 4) is 11.1 Å². The normalized spacial score (nSPS) is 11.1. The third-order valence-electron chi connectivity index (χ3n) is 2.96. The maximum Gasteiger partial charge on any atom is 0.336 e. The molecule has 0 aromatic heterocycles. The Balaban J connectivity index is 2.95. The van der Waals surface area contributed by atoms with Crippen molar-refractivity contribution in [2.75, 3.05) is 0 Å². The molecule has 2 aromatic rings. The van der Waals surface area contributed by atoms with Gasteiger partial charge in [0.15, 0.2) is 0 Å². The summed E-state index contributed by atoms with van der Waals surface area (Å²) in [6.07, 6.45) is 0. The molecule has 0 amide bonds. The van der Waals surface area contributed by atoms with E-state index >= 15 is 0 Å². The van der Waals surface area contributed by atoms with E-state index in [0.29, 0.717) is 0 Å². The molecule has 0 saturated heterocycles. The van der Waals surface area contributed by atoms with Gasteiger partial charge in [0.05, 0.1) is 11.1 Å². The van der Waals surface area contributed by atoms with Gasteiger partial charge in [0, 0.05) is 11.1 Å². The van der Waals surface area contributed by atoms with Crippen LogP contribution in [0, 0.1) is 0 Å². The van der Waals surface area contributed by atoms with Gasteiger partial charge in [-0.3, -0.25) is 4.55 Å². The first kappa shape index (κ1) is 15.7. The zero-order chi connectivity index (χ0) is 16.5. The van der Waals surface area contributed by atoms with Crippen molar-refractivity contribution in [1.29, 1.82) is 0 Å². The summed E-state index contributed by atoms with van der Waals surface area (Å²) in [6.45, 7) is 0. The van der Waals surface area contributed by atoms with Gasteiger partial charge in [-0.1, -0.05) is 24.3 Å². The van der Waals surface area contributed by atoms with Gasteiger partial charge in [0.25, 0.3) is 10.1 Å². The van der Waals surface area contributed by atoms with Crippen LogP contribution in [0.1, 0.15) is 20.7 Å². The SMILES string of the molecule is O=C(O)c1cccc(C(=O)O)c1-c1ccccc1S(=O)(=O)O. The Morgan fingerprint density at radius 1 is 0.818 bits per heavy atom. The molecule has 7 nitrogen and oxygen atoms in total. The lowest BCUT2D eigenvalue weighted by Gasteiger charge is -2.13. The molecule has 2 rings (SSSR count). The van der Waals surface area contributed by atoms with Crippen LogP contribution in [0.4, 0.5) is 0 Å². The minimum absolute atomic E-state index is 0.194. The summed E-state index contributed by atoms with van der Waals surface area (Å²) in [6, 6.07) is 8.60. The molecule has 0 atom stereocenters. The van der Waals surface area contributed by atoms with E-state index in [1.165, 1.54) is 24.3 Å². The van der Waals surface area contributed by atoms with Crippen molar-refractivity contribution in [1.82, 2.24) is 0 Å². The van der Waals surface area contributed by atoms with E-state index in [1.54, 1.807) is 0 Å². The molecule has 0 aliphatic rings. The summed E-state index contributed by atoms with van der Waals surface area (Å²) in [5.41, 5.74) is -1.23. The van der Waals surface area contributed by atoms with Crippen LogP contribution in [0.15, 0.2) is 47.4 Å². The first-order valence-corrected chi connectivity index (χ1v) is 7.34. The fraction of sp³-hybridized carbons (Fsp3) is 0. The molecular weight excluding hydrogens is 312 g/mol. The lowest BCUT2D eigenvalue weighted by Crippen LogP contribution is -2.09. The van der Waals surface area contributed by atoms with Crippen molar-refractivity contribution in [3.63, 3.8) is 0 Å². The van der Waals surface area contributed by atoms with E-state index in [4.69, 9.17) is 0 Å². The maximum absolute atomic E-state index is 11.5. The molecular formula is C14H10O7S. The second-order valence-electron chi connectivity index (χ2n) is 4.31. The first-order chi connectivity index (χ1) is 10.2. The molecule has 0 bridgehead atoms. The van der Waals surface area contributed by atoms with Crippen LogP contribution in [0.3, 0.4) is 0 Å². The Hall–Kier alpha value is -2.71. The van der Waals surface area contributed by atoms with Crippen molar-refractivity contribution in [2.45, 2.75) is 4.90 Å². The Morgan fingerprint density at radius 2 is 1.32 bits per heavy atom. The molecule has 0 saturated carbocycles. The molecule has 0 heterocycles. The third kappa shape index (κ3) is 2.83. The minimum atomic E-state index is -4.65. The highest BCUT2D eigenvalue weighted by molar-refractivity contribution is 7.86. The van der Waals surface area contributed by atoms with E-state index < -0.39 is 27.0 Å². The second-order valence-corrected chi connectivity index (χ2v) is 5.70. The molecule has 0 radical (unpaired) electrons. The number of hydrogen-bond acceptors (Lipinski definition) is 4. The van der Waals surface area contributed by atoms with Gasteiger partial charge in [-0.25, -0.2) is 9.59 Å². The zero-order valence-corrected chi connectivity index (χ0v) is 11.7. The van der Waals surface area contributed by atoms with Gasteiger partial charge >= 0.3 is 11.9 Å². The van der Waals surface area contributed by atoms with Crippen LogP contribution in [0.5, 0.6) is 0 Å². The Morgan fingerprint density at radius 3 is 1.77 bits per heavy atom. The van der Waals surface area contributed by atoms with Crippen LogP contribution < -0.4 is 0 Å². The van der Waals surface area contributed by atoms with Crippen molar-refractivity contribution in [2.24, 2.45) is 0 Å². The monoisotopic (exact) mass is 322 g/mol. The summed E-state index contributed by atoms with van der Waals surface area (Å²) in [7, 11) is -4.65. The van der Waals surface area contributed by atoms with Crippen LogP contribution in [-0.4, -0.2) is 35.1 Å². The van der Waals surface area contributed by atoms with Gasteiger partial charge < -0.3 is 10.2 Å². The second kappa shape index (κ2) is 5.58. The van der Waals surface area contributed by atoms with E-state index in [0.717, 1.165) is 18.2 Å². The van der Waals surface area contributed by atoms with Gasteiger partial charge in [-0.2, -0.15) is 8.42 Å². The van der Waals surface area contributed by atoms with E-state index in [2.05, 4.69) is 0 Å². The van der Waals surface area contributed by atoms with Crippen LogP contribution in [-0.2, 0) is 10.1 Å². The maximum atomic E-state index is 11.5. The number of carbonyl (C=O) groups is 2. The van der Waals surface area contributed by atoms with Gasteiger partial charge in [0.2, 0.25) is 0 Å². The Bertz CT molecular complexity index is 836. The molecule has 0 aliphatic heterocycles. The number of hydrogen-bond donors (Lipinski definition) is 3. The highest BCUT2D eigenvalue weighted by Gasteiger charge is 2.24. The van der Waals surface area contributed by atoms with Crippen molar-refractivity contribution >= 4 is 22.1 Å². The molecule has 22 heavy (non-hydrogen) atoms. The smallest absolute Gasteiger partial charge is 0.336 e. The van der Waals surface area contributed by atoms with Crippen molar-refractivity contribution < 1.29 is 32.8 Å². The van der Waals surface area contributed by atoms with Crippen LogP contribution in [0.25, 0.3) is 11.1 Å². The summed E-state index contributed by atoms with van der Waals surface area (Å²) in [5, 5.41) is 18.4. The number of benzene rings is 2. The van der Waals surface area contributed by atoms with Gasteiger partial charge in [-0.05, 0) is 18.2 Å². The summed E-state index contributed by atoms with van der Waals surface area (Å²) >= 11 is 0. The number of carboxylic acids is 2. The topological polar surface area (TPSA) is 129 Å². The van der Waals surface area contributed by atoms with E-state index in [1.807, 2.05) is 0 Å². The highest BCUT2D eigenvalue weighted by Crippen LogP contribution is 2.33. The average molecular weight is 322 g/mol. The molecule has 0 spiro atoms. The number of aromatic carboxylic acids is 2. The zero-order valence-electron chi connectivity index (χ0n) is 10.9. The molecule has 8 heteroatoms. The first-order valence-electron chi connectivity index (χ1n) is 5.90. The predicted octanol–water partition coefficient (Wildman–Crippen LogP) is 2.00. The third-order valence-corrected chi connectivity index (χ3v) is 3.87. The predicted molar refractivity (Wildman–Crippen MR) is 75.6 cm³/mol.